The molecular weight excluding hydrogens is 457 g/mol. The van der Waals surface area contributed by atoms with E-state index in [0.29, 0.717) is 51.8 Å². The molecular formula is C23H26ClF3N4O2. The van der Waals surface area contributed by atoms with Crippen LogP contribution in [-0.2, 0) is 16.3 Å². The largest absolute Gasteiger partial charge is 0.417 e. The van der Waals surface area contributed by atoms with Crippen molar-refractivity contribution >= 4 is 23.4 Å². The van der Waals surface area contributed by atoms with Gasteiger partial charge in [-0.15, -0.1) is 0 Å². The van der Waals surface area contributed by atoms with Crippen molar-refractivity contribution in [3.8, 4) is 0 Å². The fourth-order valence-corrected chi connectivity index (χ4v) is 4.70. The zero-order valence-corrected chi connectivity index (χ0v) is 18.8. The molecule has 2 fully saturated rings. The van der Waals surface area contributed by atoms with Gasteiger partial charge in [0.2, 0.25) is 0 Å². The number of hydrogen-bond donors (Lipinski definition) is 1. The van der Waals surface area contributed by atoms with Crippen LogP contribution < -0.4 is 10.2 Å². The number of rotatable bonds is 4. The maximum atomic E-state index is 12.9. The van der Waals surface area contributed by atoms with Crippen molar-refractivity contribution in [3.63, 3.8) is 0 Å². The Morgan fingerprint density at radius 3 is 2.39 bits per heavy atom. The van der Waals surface area contributed by atoms with Gasteiger partial charge < -0.3 is 19.9 Å². The van der Waals surface area contributed by atoms with Gasteiger partial charge >= 0.3 is 12.2 Å². The normalized spacial score (nSPS) is 18.8. The average Bonchev–Trinajstić information content (AvgIpc) is 2.83. The SMILES string of the molecule is O=C(NCC1(c2ccccc2)CCOCC1)N1CCN(c2ncc(C(F)(F)F)cc2Cl)CC1. The quantitative estimate of drug-likeness (QED) is 0.704. The smallest absolute Gasteiger partial charge is 0.381 e. The molecule has 2 saturated heterocycles. The van der Waals surface area contributed by atoms with Crippen LogP contribution in [0.25, 0.3) is 0 Å². The molecule has 0 radical (unpaired) electrons. The molecule has 10 heteroatoms. The number of pyridine rings is 1. The number of nitrogens with one attached hydrogen (secondary N) is 1. The number of urea groups is 1. The predicted molar refractivity (Wildman–Crippen MR) is 120 cm³/mol. The summed E-state index contributed by atoms with van der Waals surface area (Å²) in [4.78, 5) is 20.3. The number of halogens is 4. The molecule has 2 aromatic rings. The van der Waals surface area contributed by atoms with Crippen LogP contribution in [0.4, 0.5) is 23.8 Å². The van der Waals surface area contributed by atoms with Gasteiger partial charge in [-0.2, -0.15) is 13.2 Å². The number of alkyl halides is 3. The first kappa shape index (κ1) is 23.6. The lowest BCUT2D eigenvalue weighted by Crippen LogP contribution is -2.54. The van der Waals surface area contributed by atoms with E-state index in [0.717, 1.165) is 25.1 Å². The molecule has 4 rings (SSSR count). The van der Waals surface area contributed by atoms with Crippen LogP contribution in [0.2, 0.25) is 5.02 Å². The van der Waals surface area contributed by atoms with E-state index in [1.165, 1.54) is 5.56 Å². The highest BCUT2D eigenvalue weighted by Crippen LogP contribution is 2.35. The molecule has 0 aliphatic carbocycles. The minimum absolute atomic E-state index is 0.0490. The molecule has 2 aliphatic rings. The highest BCUT2D eigenvalue weighted by molar-refractivity contribution is 6.33. The maximum absolute atomic E-state index is 12.9. The number of anilines is 1. The lowest BCUT2D eigenvalue weighted by molar-refractivity contribution is -0.137. The number of amides is 2. The van der Waals surface area contributed by atoms with Crippen molar-refractivity contribution in [2.75, 3.05) is 50.8 Å². The zero-order chi connectivity index (χ0) is 23.5. The minimum Gasteiger partial charge on any atom is -0.381 e. The Morgan fingerprint density at radius 2 is 1.79 bits per heavy atom. The van der Waals surface area contributed by atoms with Crippen molar-refractivity contribution < 1.29 is 22.7 Å². The van der Waals surface area contributed by atoms with Crippen molar-refractivity contribution in [2.24, 2.45) is 0 Å². The number of hydrogen-bond acceptors (Lipinski definition) is 4. The van der Waals surface area contributed by atoms with E-state index >= 15 is 0 Å². The lowest BCUT2D eigenvalue weighted by Gasteiger charge is -2.39. The van der Waals surface area contributed by atoms with Crippen molar-refractivity contribution in [3.05, 3.63) is 58.7 Å². The first-order valence-electron chi connectivity index (χ1n) is 10.9. The van der Waals surface area contributed by atoms with Crippen molar-refractivity contribution in [1.29, 1.82) is 0 Å². The fourth-order valence-electron chi connectivity index (χ4n) is 4.42. The molecule has 0 unspecified atom stereocenters. The number of aromatic nitrogens is 1. The van der Waals surface area contributed by atoms with E-state index in [1.807, 2.05) is 18.2 Å². The van der Waals surface area contributed by atoms with Gasteiger partial charge in [-0.05, 0) is 24.5 Å². The van der Waals surface area contributed by atoms with Crippen molar-refractivity contribution in [1.82, 2.24) is 15.2 Å². The summed E-state index contributed by atoms with van der Waals surface area (Å²) in [6, 6.07) is 10.9. The maximum Gasteiger partial charge on any atom is 0.417 e. The topological polar surface area (TPSA) is 57.7 Å². The molecule has 2 aliphatic heterocycles. The van der Waals surface area contributed by atoms with Crippen LogP contribution in [-0.4, -0.2) is 61.9 Å². The lowest BCUT2D eigenvalue weighted by atomic mass is 9.74. The molecule has 6 nitrogen and oxygen atoms in total. The summed E-state index contributed by atoms with van der Waals surface area (Å²) in [5, 5.41) is 3.05. The third kappa shape index (κ3) is 5.35. The first-order valence-corrected chi connectivity index (χ1v) is 11.3. The first-order chi connectivity index (χ1) is 15.8. The molecule has 178 valence electrons. The minimum atomic E-state index is -4.49. The van der Waals surface area contributed by atoms with E-state index in [-0.39, 0.29) is 16.5 Å². The number of carbonyl (C=O) groups excluding carboxylic acids is 1. The van der Waals surface area contributed by atoms with Gasteiger partial charge in [-0.25, -0.2) is 9.78 Å². The van der Waals surface area contributed by atoms with Crippen LogP contribution in [0.5, 0.6) is 0 Å². The van der Waals surface area contributed by atoms with E-state index < -0.39 is 11.7 Å². The summed E-state index contributed by atoms with van der Waals surface area (Å²) in [6.07, 6.45) is -2.03. The molecule has 3 heterocycles. The number of benzene rings is 1. The molecule has 1 aromatic heterocycles. The summed E-state index contributed by atoms with van der Waals surface area (Å²) in [5.41, 5.74) is 0.158. The van der Waals surface area contributed by atoms with Gasteiger partial charge in [0.05, 0.1) is 10.6 Å². The molecule has 0 spiro atoms. The number of carbonyl (C=O) groups is 1. The molecule has 1 aromatic carbocycles. The standard InChI is InChI=1S/C23H26ClF3N4O2/c24-19-14-18(23(25,26)27)15-28-20(19)30-8-10-31(11-9-30)21(32)29-16-22(6-12-33-13-7-22)17-4-2-1-3-5-17/h1-5,14-15H,6-13,16H2,(H,29,32). The van der Waals surface area contributed by atoms with Crippen LogP contribution in [0.1, 0.15) is 24.0 Å². The predicted octanol–water partition coefficient (Wildman–Crippen LogP) is 4.33. The van der Waals surface area contributed by atoms with E-state index in [9.17, 15) is 18.0 Å². The molecule has 0 bridgehead atoms. The van der Waals surface area contributed by atoms with Crippen LogP contribution >= 0.6 is 11.6 Å². The second kappa shape index (κ2) is 9.77. The van der Waals surface area contributed by atoms with Gasteiger partial charge in [-0.1, -0.05) is 41.9 Å². The Bertz CT molecular complexity index is 960. The number of piperazine rings is 1. The second-order valence-electron chi connectivity index (χ2n) is 8.42. The third-order valence-electron chi connectivity index (χ3n) is 6.43. The van der Waals surface area contributed by atoms with E-state index in [2.05, 4.69) is 22.4 Å². The van der Waals surface area contributed by atoms with Gasteiger partial charge in [0, 0.05) is 57.5 Å². The molecule has 1 N–H and O–H groups in total. The molecule has 2 amide bonds. The summed E-state index contributed by atoms with van der Waals surface area (Å²) in [6.45, 7) is 3.55. The van der Waals surface area contributed by atoms with Gasteiger partial charge in [-0.3, -0.25) is 0 Å². The Morgan fingerprint density at radius 1 is 1.12 bits per heavy atom. The van der Waals surface area contributed by atoms with E-state index in [4.69, 9.17) is 16.3 Å². The van der Waals surface area contributed by atoms with Gasteiger partial charge in [0.15, 0.2) is 0 Å². The molecule has 0 atom stereocenters. The number of nitrogens with zero attached hydrogens (tertiary/aromatic N) is 3. The Labute approximate surface area is 195 Å². The number of ether oxygens (including phenoxy) is 1. The highest BCUT2D eigenvalue weighted by atomic mass is 35.5. The van der Waals surface area contributed by atoms with Gasteiger partial charge in [0.1, 0.15) is 5.82 Å². The van der Waals surface area contributed by atoms with Crippen LogP contribution in [0, 0.1) is 0 Å². The zero-order valence-electron chi connectivity index (χ0n) is 18.1. The van der Waals surface area contributed by atoms with Gasteiger partial charge in [0.25, 0.3) is 0 Å². The van der Waals surface area contributed by atoms with Crippen molar-refractivity contribution in [2.45, 2.75) is 24.4 Å². The molecule has 0 saturated carbocycles. The Hall–Kier alpha value is -2.52. The molecule has 33 heavy (non-hydrogen) atoms. The average molecular weight is 483 g/mol. The highest BCUT2D eigenvalue weighted by Gasteiger charge is 2.36. The summed E-state index contributed by atoms with van der Waals surface area (Å²) < 4.78 is 44.1. The van der Waals surface area contributed by atoms with E-state index in [1.54, 1.807) is 9.80 Å². The Kier molecular flexibility index (Phi) is 6.99. The Balaban J connectivity index is 1.35. The second-order valence-corrected chi connectivity index (χ2v) is 8.83. The monoisotopic (exact) mass is 482 g/mol. The van der Waals surface area contributed by atoms with Crippen LogP contribution in [0.15, 0.2) is 42.6 Å². The summed E-state index contributed by atoms with van der Waals surface area (Å²) in [7, 11) is 0. The summed E-state index contributed by atoms with van der Waals surface area (Å²) in [5.74, 6) is 0.301. The third-order valence-corrected chi connectivity index (χ3v) is 6.71. The summed E-state index contributed by atoms with van der Waals surface area (Å²) >= 11 is 6.07. The van der Waals surface area contributed by atoms with Crippen LogP contribution in [0.3, 0.4) is 0 Å². The fraction of sp³-hybridized carbons (Fsp3) is 0.478.